The summed E-state index contributed by atoms with van der Waals surface area (Å²) in [5.74, 6) is 1.29. The average Bonchev–Trinajstić information content (AvgIpc) is 3.05. The summed E-state index contributed by atoms with van der Waals surface area (Å²) in [5, 5.41) is 19.4. The first-order chi connectivity index (χ1) is 11.5. The van der Waals surface area contributed by atoms with E-state index in [2.05, 4.69) is 60.6 Å². The Hall–Kier alpha value is -0.410. The smallest absolute Gasteiger partial charge is 0.191 e. The van der Waals surface area contributed by atoms with Crippen LogP contribution in [0.4, 0.5) is 0 Å². The molecule has 1 heterocycles. The summed E-state index contributed by atoms with van der Waals surface area (Å²) in [6.45, 7) is 13.2. The van der Waals surface area contributed by atoms with Crippen LogP contribution in [0.5, 0.6) is 0 Å². The van der Waals surface area contributed by atoms with Crippen LogP contribution in [0.1, 0.15) is 70.5 Å². The molecule has 0 amide bonds. The van der Waals surface area contributed by atoms with Gasteiger partial charge in [0.15, 0.2) is 5.96 Å². The van der Waals surface area contributed by atoms with Gasteiger partial charge in [-0.1, -0.05) is 27.7 Å². The van der Waals surface area contributed by atoms with E-state index in [0.29, 0.717) is 12.5 Å². The summed E-state index contributed by atoms with van der Waals surface area (Å²) in [6, 6.07) is 0. The van der Waals surface area contributed by atoms with E-state index in [1.54, 1.807) is 11.3 Å². The molecule has 0 aromatic carbocycles. The van der Waals surface area contributed by atoms with Gasteiger partial charge in [-0.2, -0.15) is 0 Å². The van der Waals surface area contributed by atoms with Gasteiger partial charge >= 0.3 is 0 Å². The van der Waals surface area contributed by atoms with Crippen molar-refractivity contribution in [2.45, 2.75) is 66.3 Å². The second-order valence-electron chi connectivity index (χ2n) is 6.56. The van der Waals surface area contributed by atoms with Crippen molar-refractivity contribution in [1.82, 2.24) is 15.6 Å². The molecule has 0 fully saturated rings. The summed E-state index contributed by atoms with van der Waals surface area (Å²) in [5.41, 5.74) is 1.14. The zero-order chi connectivity index (χ0) is 18.0. The van der Waals surface area contributed by atoms with Crippen molar-refractivity contribution in [3.05, 3.63) is 16.1 Å². The van der Waals surface area contributed by atoms with E-state index in [9.17, 15) is 5.11 Å². The molecular weight excluding hydrogens is 447 g/mol. The highest BCUT2D eigenvalue weighted by molar-refractivity contribution is 14.0. The Bertz CT molecular complexity index is 501. The molecule has 25 heavy (non-hydrogen) atoms. The van der Waals surface area contributed by atoms with Crippen LogP contribution in [0.2, 0.25) is 0 Å². The molecule has 0 bridgehead atoms. The third-order valence-electron chi connectivity index (χ3n) is 4.58. The Balaban J connectivity index is 0.00000576. The Labute approximate surface area is 174 Å². The lowest BCUT2D eigenvalue weighted by Gasteiger charge is -2.32. The molecule has 0 aliphatic heterocycles. The predicted molar refractivity (Wildman–Crippen MR) is 119 cm³/mol. The minimum Gasteiger partial charge on any atom is -0.396 e. The van der Waals surface area contributed by atoms with Gasteiger partial charge in [0, 0.05) is 31.0 Å². The molecule has 1 aromatic rings. The fourth-order valence-corrected chi connectivity index (χ4v) is 3.44. The lowest BCUT2D eigenvalue weighted by molar-refractivity contribution is 0.169. The van der Waals surface area contributed by atoms with Crippen LogP contribution in [-0.4, -0.2) is 35.7 Å². The SMILES string of the molecule is CCNC(=NCc1csc(C(C)C)n1)NCC(CC)(CC)CCO.I. The Morgan fingerprint density at radius 1 is 1.28 bits per heavy atom. The largest absolute Gasteiger partial charge is 0.396 e. The number of thiazole rings is 1. The van der Waals surface area contributed by atoms with Gasteiger partial charge in [0.05, 0.1) is 17.2 Å². The van der Waals surface area contributed by atoms with Crippen molar-refractivity contribution in [3.8, 4) is 0 Å². The van der Waals surface area contributed by atoms with E-state index in [1.165, 1.54) is 0 Å². The van der Waals surface area contributed by atoms with E-state index >= 15 is 0 Å². The molecule has 7 heteroatoms. The van der Waals surface area contributed by atoms with Gasteiger partial charge in [0.25, 0.3) is 0 Å². The number of rotatable bonds is 10. The van der Waals surface area contributed by atoms with E-state index < -0.39 is 0 Å². The molecule has 0 atom stereocenters. The normalized spacial score (nSPS) is 12.2. The molecule has 0 radical (unpaired) electrons. The number of halogens is 1. The number of nitrogens with zero attached hydrogens (tertiary/aromatic N) is 2. The van der Waals surface area contributed by atoms with Crippen molar-refractivity contribution < 1.29 is 5.11 Å². The van der Waals surface area contributed by atoms with Gasteiger partial charge < -0.3 is 15.7 Å². The molecule has 0 aliphatic rings. The van der Waals surface area contributed by atoms with Gasteiger partial charge in [-0.15, -0.1) is 35.3 Å². The lowest BCUT2D eigenvalue weighted by Crippen LogP contribution is -2.43. The molecule has 1 rings (SSSR count). The van der Waals surface area contributed by atoms with E-state index in [4.69, 9.17) is 0 Å². The van der Waals surface area contributed by atoms with Crippen molar-refractivity contribution >= 4 is 41.3 Å². The molecule has 146 valence electrons. The number of guanidine groups is 1. The van der Waals surface area contributed by atoms with Gasteiger partial charge in [0.2, 0.25) is 0 Å². The number of hydrogen-bond donors (Lipinski definition) is 3. The fourth-order valence-electron chi connectivity index (χ4n) is 2.61. The fraction of sp³-hybridized carbons (Fsp3) is 0.778. The monoisotopic (exact) mass is 482 g/mol. The Morgan fingerprint density at radius 3 is 2.44 bits per heavy atom. The van der Waals surface area contributed by atoms with Crippen molar-refractivity contribution in [3.63, 3.8) is 0 Å². The van der Waals surface area contributed by atoms with Crippen LogP contribution < -0.4 is 10.6 Å². The van der Waals surface area contributed by atoms with Crippen molar-refractivity contribution in [2.75, 3.05) is 19.7 Å². The molecule has 0 unspecified atom stereocenters. The molecule has 0 spiro atoms. The highest BCUT2D eigenvalue weighted by Crippen LogP contribution is 2.29. The van der Waals surface area contributed by atoms with E-state index in [-0.39, 0.29) is 36.0 Å². The number of aromatic nitrogens is 1. The maximum atomic E-state index is 9.35. The first kappa shape index (κ1) is 24.6. The standard InChI is InChI=1S/C18H34N4OS.HI/c1-6-18(7-2,9-10-23)13-21-17(19-8-3)20-11-15-12-24-16(22-15)14(4)5;/h12,14,23H,6-11,13H2,1-5H3,(H2,19,20,21);1H. The van der Waals surface area contributed by atoms with E-state index in [1.807, 2.05) is 0 Å². The molecule has 0 saturated heterocycles. The first-order valence-electron chi connectivity index (χ1n) is 9.07. The second kappa shape index (κ2) is 12.9. The van der Waals surface area contributed by atoms with Crippen molar-refractivity contribution in [2.24, 2.45) is 10.4 Å². The van der Waals surface area contributed by atoms with Crippen LogP contribution in [0.3, 0.4) is 0 Å². The summed E-state index contributed by atoms with van der Waals surface area (Å²) in [7, 11) is 0. The Kier molecular flexibility index (Phi) is 12.7. The van der Waals surface area contributed by atoms with Crippen molar-refractivity contribution in [1.29, 1.82) is 0 Å². The number of nitrogens with one attached hydrogen (secondary N) is 2. The molecule has 0 aliphatic carbocycles. The molecule has 0 saturated carbocycles. The maximum Gasteiger partial charge on any atom is 0.191 e. The number of aliphatic hydroxyl groups excluding tert-OH is 1. The number of hydrogen-bond acceptors (Lipinski definition) is 4. The van der Waals surface area contributed by atoms with Crippen LogP contribution in [0.25, 0.3) is 0 Å². The van der Waals surface area contributed by atoms with E-state index in [0.717, 1.165) is 49.0 Å². The highest BCUT2D eigenvalue weighted by Gasteiger charge is 2.25. The maximum absolute atomic E-state index is 9.35. The highest BCUT2D eigenvalue weighted by atomic mass is 127. The summed E-state index contributed by atoms with van der Waals surface area (Å²) >= 11 is 1.71. The number of aliphatic imine (C=N–C) groups is 1. The van der Waals surface area contributed by atoms with Gasteiger partial charge in [0.1, 0.15) is 0 Å². The number of aliphatic hydroxyl groups is 1. The third kappa shape index (κ3) is 8.21. The van der Waals surface area contributed by atoms with Gasteiger partial charge in [-0.25, -0.2) is 9.98 Å². The summed E-state index contributed by atoms with van der Waals surface area (Å²) in [6.07, 6.45) is 2.90. The third-order valence-corrected chi connectivity index (χ3v) is 5.77. The van der Waals surface area contributed by atoms with Gasteiger partial charge in [-0.3, -0.25) is 0 Å². The average molecular weight is 482 g/mol. The zero-order valence-electron chi connectivity index (χ0n) is 16.3. The van der Waals surface area contributed by atoms with Crippen LogP contribution in [0, 0.1) is 5.41 Å². The molecule has 3 N–H and O–H groups in total. The first-order valence-corrected chi connectivity index (χ1v) is 9.95. The molecular formula is C18H35IN4OS. The molecule has 1 aromatic heterocycles. The topological polar surface area (TPSA) is 69.5 Å². The molecule has 5 nitrogen and oxygen atoms in total. The zero-order valence-corrected chi connectivity index (χ0v) is 19.4. The Morgan fingerprint density at radius 2 is 1.96 bits per heavy atom. The minimum absolute atomic E-state index is 0. The van der Waals surface area contributed by atoms with Crippen LogP contribution >= 0.6 is 35.3 Å². The lowest BCUT2D eigenvalue weighted by atomic mass is 9.79. The minimum atomic E-state index is 0. The van der Waals surface area contributed by atoms with Gasteiger partial charge in [-0.05, 0) is 31.6 Å². The van der Waals surface area contributed by atoms with Crippen LogP contribution in [0.15, 0.2) is 10.4 Å². The summed E-state index contributed by atoms with van der Waals surface area (Å²) in [4.78, 5) is 9.30. The predicted octanol–water partition coefficient (Wildman–Crippen LogP) is 4.13. The summed E-state index contributed by atoms with van der Waals surface area (Å²) < 4.78 is 0. The quantitative estimate of drug-likeness (QED) is 0.267. The second-order valence-corrected chi connectivity index (χ2v) is 7.45. The van der Waals surface area contributed by atoms with Crippen LogP contribution in [-0.2, 0) is 6.54 Å².